The van der Waals surface area contributed by atoms with E-state index in [9.17, 15) is 14.5 Å². The van der Waals surface area contributed by atoms with Crippen LogP contribution in [0.1, 0.15) is 0 Å². The summed E-state index contributed by atoms with van der Waals surface area (Å²) in [7, 11) is 0. The lowest BCUT2D eigenvalue weighted by Gasteiger charge is -2.09. The van der Waals surface area contributed by atoms with E-state index in [1.54, 1.807) is 0 Å². The molecule has 1 N–H and O–H groups in total. The van der Waals surface area contributed by atoms with Gasteiger partial charge in [0, 0.05) is 6.07 Å². The molecule has 1 unspecified atom stereocenters. The summed E-state index contributed by atoms with van der Waals surface area (Å²) in [4.78, 5) is 9.61. The molecule has 16 heavy (non-hydrogen) atoms. The standard InChI is InChI=1S/C9H9ClFNO4/c10-4-7(13)5-16-9-2-1-6(12(14)15)3-8(9)11/h1-3,7,13H,4-5H2. The van der Waals surface area contributed by atoms with Crippen LogP contribution >= 0.6 is 11.6 Å². The lowest BCUT2D eigenvalue weighted by Crippen LogP contribution is -2.19. The molecule has 0 saturated heterocycles. The molecule has 7 heteroatoms. The molecule has 1 rings (SSSR count). The normalized spacial score (nSPS) is 12.2. The van der Waals surface area contributed by atoms with E-state index in [1.165, 1.54) is 0 Å². The Bertz CT molecular complexity index is 388. The van der Waals surface area contributed by atoms with Gasteiger partial charge >= 0.3 is 0 Å². The first kappa shape index (κ1) is 12.7. The van der Waals surface area contributed by atoms with Crippen LogP contribution in [-0.4, -0.2) is 28.6 Å². The zero-order chi connectivity index (χ0) is 12.1. The molecule has 5 nitrogen and oxygen atoms in total. The van der Waals surface area contributed by atoms with Crippen LogP contribution in [0.15, 0.2) is 18.2 Å². The molecule has 0 fully saturated rings. The Hall–Kier alpha value is -1.40. The van der Waals surface area contributed by atoms with Crippen molar-refractivity contribution in [1.29, 1.82) is 0 Å². The van der Waals surface area contributed by atoms with Crippen molar-refractivity contribution < 1.29 is 19.2 Å². The quantitative estimate of drug-likeness (QED) is 0.490. The number of rotatable bonds is 5. The number of aliphatic hydroxyl groups is 1. The number of halogens is 2. The maximum absolute atomic E-state index is 13.2. The molecule has 1 atom stereocenters. The van der Waals surface area contributed by atoms with E-state index in [1.807, 2.05) is 0 Å². The van der Waals surface area contributed by atoms with Crippen LogP contribution in [0.2, 0.25) is 0 Å². The number of benzene rings is 1. The highest BCUT2D eigenvalue weighted by Crippen LogP contribution is 2.22. The summed E-state index contributed by atoms with van der Waals surface area (Å²) in [5.74, 6) is -1.04. The van der Waals surface area contributed by atoms with Crippen LogP contribution in [0.4, 0.5) is 10.1 Å². The van der Waals surface area contributed by atoms with E-state index in [-0.39, 0.29) is 23.9 Å². The Kier molecular flexibility index (Phi) is 4.45. The second-order valence-electron chi connectivity index (χ2n) is 2.99. The van der Waals surface area contributed by atoms with Crippen molar-refractivity contribution in [1.82, 2.24) is 0 Å². The van der Waals surface area contributed by atoms with Gasteiger partial charge in [0.25, 0.3) is 5.69 Å². The Balaban J connectivity index is 2.72. The molecule has 0 saturated carbocycles. The number of hydrogen-bond acceptors (Lipinski definition) is 4. The maximum Gasteiger partial charge on any atom is 0.272 e. The van der Waals surface area contributed by atoms with Gasteiger partial charge in [-0.2, -0.15) is 0 Å². The fourth-order valence-electron chi connectivity index (χ4n) is 0.951. The lowest BCUT2D eigenvalue weighted by molar-refractivity contribution is -0.385. The van der Waals surface area contributed by atoms with E-state index in [4.69, 9.17) is 21.4 Å². The van der Waals surface area contributed by atoms with Crippen molar-refractivity contribution in [2.75, 3.05) is 12.5 Å². The fourth-order valence-corrected chi connectivity index (χ4v) is 1.04. The number of aliphatic hydroxyl groups excluding tert-OH is 1. The first-order valence-electron chi connectivity index (χ1n) is 4.35. The molecular formula is C9H9ClFNO4. The summed E-state index contributed by atoms with van der Waals surface area (Å²) in [6.07, 6.45) is -0.906. The van der Waals surface area contributed by atoms with E-state index in [0.29, 0.717) is 0 Å². The summed E-state index contributed by atoms with van der Waals surface area (Å²) in [5, 5.41) is 19.4. The number of nitrogens with zero attached hydrogens (tertiary/aromatic N) is 1. The maximum atomic E-state index is 13.2. The summed E-state index contributed by atoms with van der Waals surface area (Å²) in [5.41, 5.74) is -0.359. The topological polar surface area (TPSA) is 72.6 Å². The Morgan fingerprint density at radius 3 is 2.81 bits per heavy atom. The minimum absolute atomic E-state index is 0.0331. The van der Waals surface area contributed by atoms with E-state index in [0.717, 1.165) is 18.2 Å². The van der Waals surface area contributed by atoms with Gasteiger partial charge in [-0.05, 0) is 6.07 Å². The second-order valence-corrected chi connectivity index (χ2v) is 3.30. The van der Waals surface area contributed by atoms with Crippen LogP contribution in [0, 0.1) is 15.9 Å². The third-order valence-corrected chi connectivity index (χ3v) is 2.09. The molecule has 0 aliphatic rings. The number of ether oxygens (including phenoxy) is 1. The van der Waals surface area contributed by atoms with Crippen LogP contribution in [0.25, 0.3) is 0 Å². The first-order chi connectivity index (χ1) is 7.54. The van der Waals surface area contributed by atoms with Crippen molar-refractivity contribution in [3.8, 4) is 5.75 Å². The summed E-state index contributed by atoms with van der Waals surface area (Å²) >= 11 is 5.31. The van der Waals surface area contributed by atoms with Crippen LogP contribution in [0.3, 0.4) is 0 Å². The zero-order valence-electron chi connectivity index (χ0n) is 8.10. The third-order valence-electron chi connectivity index (χ3n) is 1.74. The molecule has 0 heterocycles. The molecule has 1 aromatic carbocycles. The van der Waals surface area contributed by atoms with Crippen LogP contribution < -0.4 is 4.74 Å². The summed E-state index contributed by atoms with van der Waals surface area (Å²) in [6, 6.07) is 3.00. The van der Waals surface area contributed by atoms with Crippen molar-refractivity contribution in [2.45, 2.75) is 6.10 Å². The fraction of sp³-hybridized carbons (Fsp3) is 0.333. The molecule has 0 aliphatic carbocycles. The van der Waals surface area contributed by atoms with Crippen molar-refractivity contribution in [3.05, 3.63) is 34.1 Å². The highest BCUT2D eigenvalue weighted by Gasteiger charge is 2.12. The van der Waals surface area contributed by atoms with Gasteiger partial charge in [-0.3, -0.25) is 10.1 Å². The number of hydrogen-bond donors (Lipinski definition) is 1. The Morgan fingerprint density at radius 2 is 2.31 bits per heavy atom. The summed E-state index contributed by atoms with van der Waals surface area (Å²) < 4.78 is 18.1. The Labute approximate surface area is 95.6 Å². The predicted octanol–water partition coefficient (Wildman–Crippen LogP) is 1.71. The molecule has 0 aromatic heterocycles. The van der Waals surface area contributed by atoms with Gasteiger partial charge in [-0.25, -0.2) is 4.39 Å². The third kappa shape index (κ3) is 3.32. The van der Waals surface area contributed by atoms with Gasteiger partial charge in [-0.15, -0.1) is 11.6 Å². The smallest absolute Gasteiger partial charge is 0.272 e. The Morgan fingerprint density at radius 1 is 1.62 bits per heavy atom. The summed E-state index contributed by atoms with van der Waals surface area (Å²) in [6.45, 7) is -0.168. The van der Waals surface area contributed by atoms with Crippen LogP contribution in [0.5, 0.6) is 5.75 Å². The van der Waals surface area contributed by atoms with Gasteiger partial charge in [-0.1, -0.05) is 0 Å². The van der Waals surface area contributed by atoms with Crippen molar-refractivity contribution in [2.24, 2.45) is 0 Å². The van der Waals surface area contributed by atoms with Crippen molar-refractivity contribution >= 4 is 17.3 Å². The van der Waals surface area contributed by atoms with E-state index >= 15 is 0 Å². The number of nitro benzene ring substituents is 1. The molecule has 0 amide bonds. The predicted molar refractivity (Wildman–Crippen MR) is 55.3 cm³/mol. The minimum Gasteiger partial charge on any atom is -0.488 e. The average Bonchev–Trinajstić information content (AvgIpc) is 2.26. The average molecular weight is 250 g/mol. The molecule has 0 bridgehead atoms. The first-order valence-corrected chi connectivity index (χ1v) is 4.89. The molecule has 1 aromatic rings. The SMILES string of the molecule is O=[N+]([O-])c1ccc(OCC(O)CCl)c(F)c1. The number of alkyl halides is 1. The van der Waals surface area contributed by atoms with E-state index in [2.05, 4.69) is 0 Å². The number of non-ortho nitro benzene ring substituents is 1. The highest BCUT2D eigenvalue weighted by molar-refractivity contribution is 6.18. The van der Waals surface area contributed by atoms with Gasteiger partial charge < -0.3 is 9.84 Å². The lowest BCUT2D eigenvalue weighted by atomic mass is 10.3. The number of nitro groups is 1. The zero-order valence-corrected chi connectivity index (χ0v) is 8.85. The molecular weight excluding hydrogens is 241 g/mol. The van der Waals surface area contributed by atoms with Gasteiger partial charge in [0.05, 0.1) is 16.9 Å². The second kappa shape index (κ2) is 5.62. The molecule has 0 radical (unpaired) electrons. The van der Waals surface area contributed by atoms with Crippen LogP contribution in [-0.2, 0) is 0 Å². The highest BCUT2D eigenvalue weighted by atomic mass is 35.5. The van der Waals surface area contributed by atoms with Gasteiger partial charge in [0.15, 0.2) is 11.6 Å². The van der Waals surface area contributed by atoms with Gasteiger partial charge in [0.2, 0.25) is 0 Å². The van der Waals surface area contributed by atoms with Gasteiger partial charge in [0.1, 0.15) is 12.7 Å². The largest absolute Gasteiger partial charge is 0.488 e. The van der Waals surface area contributed by atoms with Crippen molar-refractivity contribution in [3.63, 3.8) is 0 Å². The molecule has 88 valence electrons. The minimum atomic E-state index is -0.906. The molecule has 0 spiro atoms. The monoisotopic (exact) mass is 249 g/mol. The molecule has 0 aliphatic heterocycles. The van der Waals surface area contributed by atoms with E-state index < -0.39 is 16.8 Å².